The monoisotopic (exact) mass is 506 g/mol. The summed E-state index contributed by atoms with van der Waals surface area (Å²) < 4.78 is 27.9. The molecule has 1 aliphatic heterocycles. The maximum absolute atomic E-state index is 13.1. The van der Waals surface area contributed by atoms with Crippen LogP contribution in [-0.4, -0.2) is 53.6 Å². The molecule has 3 aromatic rings. The minimum absolute atomic E-state index is 0.183. The average Bonchev–Trinajstić information content (AvgIpc) is 2.92. The molecule has 1 amide bonds. The Morgan fingerprint density at radius 1 is 0.919 bits per heavy atom. The fourth-order valence-electron chi connectivity index (χ4n) is 4.28. The molecule has 0 saturated carbocycles. The van der Waals surface area contributed by atoms with Crippen LogP contribution < -0.4 is 29.6 Å². The number of ether oxygens (including phenoxy) is 5. The second-order valence-electron chi connectivity index (χ2n) is 8.67. The maximum atomic E-state index is 13.1. The van der Waals surface area contributed by atoms with Crippen molar-refractivity contribution in [3.63, 3.8) is 0 Å². The molecule has 0 fully saturated rings. The summed E-state index contributed by atoms with van der Waals surface area (Å²) in [6.07, 6.45) is 0.651. The van der Waals surface area contributed by atoms with E-state index in [2.05, 4.69) is 34.9 Å². The van der Waals surface area contributed by atoms with Crippen molar-refractivity contribution in [3.8, 4) is 23.0 Å². The lowest BCUT2D eigenvalue weighted by Crippen LogP contribution is -2.23. The van der Waals surface area contributed by atoms with Crippen LogP contribution in [0.2, 0.25) is 0 Å². The van der Waals surface area contributed by atoms with Gasteiger partial charge in [0.2, 0.25) is 5.75 Å². The van der Waals surface area contributed by atoms with E-state index in [-0.39, 0.29) is 5.91 Å². The molecular weight excluding hydrogens is 472 g/mol. The number of hydrogen-bond donors (Lipinski definition) is 2. The SMILES string of the molecule is COc1cc(CNC(=O)c2ccc3c(c2)Cc2cccc(c2)CNCCOCCO3)cc(OC)c1OC. The standard InChI is InChI=1S/C29H34N2O6/c1-33-26-15-22(16-27(34-2)28(26)35-3)19-31-29(32)23-7-8-25-24(17-23)14-20-5-4-6-21(13-20)18-30-9-10-36-11-12-37-25/h4-8,13,15-17,30H,9-12,14,18-19H2,1-3H3,(H,31,32). The Labute approximate surface area is 217 Å². The highest BCUT2D eigenvalue weighted by Crippen LogP contribution is 2.38. The lowest BCUT2D eigenvalue weighted by Gasteiger charge is -2.16. The summed E-state index contributed by atoms with van der Waals surface area (Å²) >= 11 is 0. The first-order valence-electron chi connectivity index (χ1n) is 12.3. The first-order valence-corrected chi connectivity index (χ1v) is 12.3. The van der Waals surface area contributed by atoms with Crippen molar-refractivity contribution in [2.45, 2.75) is 19.5 Å². The summed E-state index contributed by atoms with van der Waals surface area (Å²) in [5.74, 6) is 2.16. The van der Waals surface area contributed by atoms with Crippen molar-refractivity contribution < 1.29 is 28.5 Å². The van der Waals surface area contributed by atoms with Crippen LogP contribution in [-0.2, 0) is 24.2 Å². The summed E-state index contributed by atoms with van der Waals surface area (Å²) in [5.41, 5.74) is 4.70. The third-order valence-electron chi connectivity index (χ3n) is 6.12. The van der Waals surface area contributed by atoms with Crippen LogP contribution in [0.25, 0.3) is 0 Å². The van der Waals surface area contributed by atoms with Gasteiger partial charge < -0.3 is 34.3 Å². The van der Waals surface area contributed by atoms with E-state index >= 15 is 0 Å². The molecule has 0 saturated heterocycles. The topological polar surface area (TPSA) is 87.3 Å². The van der Waals surface area contributed by atoms with Gasteiger partial charge in [0.15, 0.2) is 11.5 Å². The van der Waals surface area contributed by atoms with Crippen LogP contribution >= 0.6 is 0 Å². The molecule has 0 spiro atoms. The average molecular weight is 507 g/mol. The van der Waals surface area contributed by atoms with Crippen LogP contribution in [0.5, 0.6) is 23.0 Å². The summed E-state index contributed by atoms with van der Waals surface area (Å²) in [7, 11) is 4.69. The molecule has 0 aliphatic carbocycles. The number of nitrogens with one attached hydrogen (secondary N) is 2. The third-order valence-corrected chi connectivity index (χ3v) is 6.12. The number of benzene rings is 3. The van der Waals surface area contributed by atoms with E-state index in [0.717, 1.165) is 35.5 Å². The fourth-order valence-corrected chi connectivity index (χ4v) is 4.28. The van der Waals surface area contributed by atoms with Gasteiger partial charge in [-0.3, -0.25) is 4.79 Å². The second kappa shape index (κ2) is 13.0. The molecule has 2 N–H and O–H groups in total. The molecular formula is C29H34N2O6. The van der Waals surface area contributed by atoms with E-state index in [0.29, 0.717) is 55.6 Å². The van der Waals surface area contributed by atoms with Gasteiger partial charge in [0.05, 0.1) is 34.5 Å². The Morgan fingerprint density at radius 2 is 1.70 bits per heavy atom. The minimum Gasteiger partial charge on any atom is -0.493 e. The molecule has 0 aromatic heterocycles. The quantitative estimate of drug-likeness (QED) is 0.527. The molecule has 37 heavy (non-hydrogen) atoms. The Balaban J connectivity index is 1.53. The first kappa shape index (κ1) is 26.3. The number of hydrogen-bond acceptors (Lipinski definition) is 7. The van der Waals surface area contributed by atoms with E-state index in [1.807, 2.05) is 24.3 Å². The van der Waals surface area contributed by atoms with Gasteiger partial charge in [-0.1, -0.05) is 24.3 Å². The number of methoxy groups -OCH3 is 3. The van der Waals surface area contributed by atoms with E-state index in [4.69, 9.17) is 23.7 Å². The van der Waals surface area contributed by atoms with Gasteiger partial charge in [-0.05, 0) is 52.6 Å². The highest BCUT2D eigenvalue weighted by atomic mass is 16.5. The number of carbonyl (C=O) groups excluding carboxylic acids is 1. The van der Waals surface area contributed by atoms with Crippen LogP contribution in [0.3, 0.4) is 0 Å². The molecule has 196 valence electrons. The molecule has 8 nitrogen and oxygen atoms in total. The molecule has 1 heterocycles. The van der Waals surface area contributed by atoms with Crippen molar-refractivity contribution in [1.82, 2.24) is 10.6 Å². The van der Waals surface area contributed by atoms with Crippen molar-refractivity contribution in [2.24, 2.45) is 0 Å². The van der Waals surface area contributed by atoms with Gasteiger partial charge in [-0.15, -0.1) is 0 Å². The number of fused-ring (bicyclic) bond motifs is 3. The van der Waals surface area contributed by atoms with Gasteiger partial charge in [0.1, 0.15) is 12.4 Å². The zero-order chi connectivity index (χ0) is 26.0. The van der Waals surface area contributed by atoms with Crippen molar-refractivity contribution >= 4 is 5.91 Å². The normalized spacial score (nSPS) is 13.9. The van der Waals surface area contributed by atoms with Gasteiger partial charge in [0.25, 0.3) is 5.91 Å². The predicted molar refractivity (Wildman–Crippen MR) is 141 cm³/mol. The Bertz CT molecular complexity index is 1190. The zero-order valence-corrected chi connectivity index (χ0v) is 21.6. The van der Waals surface area contributed by atoms with Gasteiger partial charge in [0, 0.05) is 31.6 Å². The van der Waals surface area contributed by atoms with Crippen molar-refractivity contribution in [2.75, 3.05) is 47.7 Å². The molecule has 1 aliphatic rings. The number of rotatable bonds is 6. The van der Waals surface area contributed by atoms with E-state index in [9.17, 15) is 4.79 Å². The Kier molecular flexibility index (Phi) is 9.24. The molecule has 0 unspecified atom stereocenters. The van der Waals surface area contributed by atoms with E-state index in [1.54, 1.807) is 27.4 Å². The summed E-state index contributed by atoms with van der Waals surface area (Å²) in [5, 5.41) is 6.39. The summed E-state index contributed by atoms with van der Waals surface area (Å²) in [6, 6.07) is 17.6. The molecule has 0 atom stereocenters. The minimum atomic E-state index is -0.183. The van der Waals surface area contributed by atoms with E-state index < -0.39 is 0 Å². The highest BCUT2D eigenvalue weighted by molar-refractivity contribution is 5.94. The van der Waals surface area contributed by atoms with Crippen molar-refractivity contribution in [1.29, 1.82) is 0 Å². The van der Waals surface area contributed by atoms with Gasteiger partial charge >= 0.3 is 0 Å². The largest absolute Gasteiger partial charge is 0.493 e. The maximum Gasteiger partial charge on any atom is 0.251 e. The molecule has 2 bridgehead atoms. The van der Waals surface area contributed by atoms with Crippen LogP contribution in [0.15, 0.2) is 54.6 Å². The summed E-state index contributed by atoms with van der Waals surface area (Å²) in [4.78, 5) is 13.1. The van der Waals surface area contributed by atoms with Gasteiger partial charge in [-0.2, -0.15) is 0 Å². The van der Waals surface area contributed by atoms with Crippen LogP contribution in [0, 0.1) is 0 Å². The third kappa shape index (κ3) is 6.93. The van der Waals surface area contributed by atoms with Crippen LogP contribution in [0.1, 0.15) is 32.6 Å². The Hall–Kier alpha value is -3.75. The smallest absolute Gasteiger partial charge is 0.251 e. The Morgan fingerprint density at radius 3 is 2.46 bits per heavy atom. The van der Waals surface area contributed by atoms with Crippen molar-refractivity contribution in [3.05, 3.63) is 82.4 Å². The molecule has 8 heteroatoms. The molecule has 0 radical (unpaired) electrons. The summed E-state index contributed by atoms with van der Waals surface area (Å²) in [6.45, 7) is 3.44. The lowest BCUT2D eigenvalue weighted by atomic mass is 9.99. The van der Waals surface area contributed by atoms with E-state index in [1.165, 1.54) is 5.56 Å². The predicted octanol–water partition coefficient (Wildman–Crippen LogP) is 3.73. The fraction of sp³-hybridized carbons (Fsp3) is 0.345. The first-order chi connectivity index (χ1) is 18.1. The van der Waals surface area contributed by atoms with Gasteiger partial charge in [-0.25, -0.2) is 0 Å². The molecule has 3 aromatic carbocycles. The zero-order valence-electron chi connectivity index (χ0n) is 21.6. The van der Waals surface area contributed by atoms with Crippen LogP contribution in [0.4, 0.5) is 0 Å². The highest BCUT2D eigenvalue weighted by Gasteiger charge is 2.15. The second-order valence-corrected chi connectivity index (χ2v) is 8.67. The number of amides is 1. The number of carbonyl (C=O) groups is 1. The molecule has 4 rings (SSSR count). The lowest BCUT2D eigenvalue weighted by molar-refractivity contribution is 0.0949.